The fourth-order valence-electron chi connectivity index (χ4n) is 0.952. The molecular weight excluding hydrogens is 255 g/mol. The molecule has 5 heteroatoms. The van der Waals surface area contributed by atoms with E-state index in [1.54, 1.807) is 0 Å². The van der Waals surface area contributed by atoms with Gasteiger partial charge in [0, 0.05) is 4.47 Å². The topological polar surface area (TPSA) is 54.4 Å². The minimum atomic E-state index is -1.66. The van der Waals surface area contributed by atoms with Crippen molar-refractivity contribution in [3.05, 3.63) is 33.5 Å². The highest BCUT2D eigenvalue weighted by Crippen LogP contribution is 2.21. The number of carbonyl (C=O) groups excluding carboxylic acids is 1. The number of benzene rings is 1. The molecule has 0 bridgehead atoms. The molecule has 14 heavy (non-hydrogen) atoms. The molecule has 0 amide bonds. The molecule has 1 rings (SSSR count). The number of carboxylic acid groups (broad SMARTS) is 1. The molecule has 0 atom stereocenters. The minimum absolute atomic E-state index is 0.220. The van der Waals surface area contributed by atoms with E-state index in [0.717, 1.165) is 6.07 Å². The molecule has 0 heterocycles. The van der Waals surface area contributed by atoms with E-state index in [1.165, 1.54) is 13.0 Å². The molecule has 1 N–H and O–H groups in total. The molecule has 0 aliphatic heterocycles. The van der Waals surface area contributed by atoms with Crippen LogP contribution in [0.3, 0.4) is 0 Å². The summed E-state index contributed by atoms with van der Waals surface area (Å²) in [6.07, 6.45) is 0. The molecule has 0 fully saturated rings. The van der Waals surface area contributed by atoms with Gasteiger partial charge in [-0.1, -0.05) is 15.9 Å². The highest BCUT2D eigenvalue weighted by Gasteiger charge is 2.20. The Morgan fingerprint density at radius 3 is 2.50 bits per heavy atom. The Morgan fingerprint density at radius 1 is 1.43 bits per heavy atom. The highest BCUT2D eigenvalue weighted by molar-refractivity contribution is 9.10. The number of Topliss-reactive ketones (excluding diaryl/α,β-unsaturated/α-hetero) is 1. The molecular formula is C9H6BrFO3. The summed E-state index contributed by atoms with van der Waals surface area (Å²) in [4.78, 5) is 21.3. The maximum atomic E-state index is 13.4. The summed E-state index contributed by atoms with van der Waals surface area (Å²) in [6, 6.07) is 2.58. The van der Waals surface area contributed by atoms with Gasteiger partial charge in [-0.15, -0.1) is 0 Å². The Bertz CT molecular complexity index is 415. The molecule has 0 unspecified atom stereocenters. The van der Waals surface area contributed by atoms with Crippen LogP contribution in [-0.2, 0) is 4.79 Å². The molecule has 0 aromatic heterocycles. The van der Waals surface area contributed by atoms with E-state index in [-0.39, 0.29) is 5.56 Å². The van der Waals surface area contributed by atoms with Crippen molar-refractivity contribution in [3.8, 4) is 0 Å². The van der Waals surface area contributed by atoms with Gasteiger partial charge in [0.1, 0.15) is 5.82 Å². The predicted molar refractivity (Wildman–Crippen MR) is 50.8 cm³/mol. The largest absolute Gasteiger partial charge is 0.475 e. The second-order valence-electron chi connectivity index (χ2n) is 2.67. The number of hydrogen-bond donors (Lipinski definition) is 1. The average Bonchev–Trinajstić information content (AvgIpc) is 2.13. The second-order valence-corrected chi connectivity index (χ2v) is 3.52. The zero-order valence-electron chi connectivity index (χ0n) is 7.17. The molecule has 0 radical (unpaired) electrons. The first-order valence-electron chi connectivity index (χ1n) is 3.67. The zero-order chi connectivity index (χ0) is 10.9. The fraction of sp³-hybridized carbons (Fsp3) is 0.111. The van der Waals surface area contributed by atoms with Crippen LogP contribution in [0.15, 0.2) is 16.6 Å². The van der Waals surface area contributed by atoms with Gasteiger partial charge in [0.05, 0.1) is 5.56 Å². The van der Waals surface area contributed by atoms with Crippen molar-refractivity contribution in [2.24, 2.45) is 0 Å². The number of ketones is 1. The fourth-order valence-corrected chi connectivity index (χ4v) is 1.26. The first-order chi connectivity index (χ1) is 6.45. The normalized spacial score (nSPS) is 9.93. The Hall–Kier alpha value is -1.23. The quantitative estimate of drug-likeness (QED) is 0.655. The van der Waals surface area contributed by atoms with Gasteiger partial charge in [-0.3, -0.25) is 4.79 Å². The SMILES string of the molecule is Cc1c(Br)ccc(C(=O)C(=O)O)c1F. The van der Waals surface area contributed by atoms with Gasteiger partial charge in [-0.05, 0) is 24.6 Å². The first-order valence-corrected chi connectivity index (χ1v) is 4.46. The van der Waals surface area contributed by atoms with Crippen LogP contribution in [0.2, 0.25) is 0 Å². The van der Waals surface area contributed by atoms with Crippen LogP contribution < -0.4 is 0 Å². The number of aliphatic carboxylic acids is 1. The smallest absolute Gasteiger partial charge is 0.377 e. The summed E-state index contributed by atoms with van der Waals surface area (Å²) >= 11 is 3.07. The summed E-state index contributed by atoms with van der Waals surface area (Å²) in [5.41, 5.74) is -0.199. The Kier molecular flexibility index (Phi) is 3.00. The van der Waals surface area contributed by atoms with Crippen LogP contribution in [0, 0.1) is 12.7 Å². The average molecular weight is 261 g/mol. The highest BCUT2D eigenvalue weighted by atomic mass is 79.9. The third kappa shape index (κ3) is 1.82. The molecule has 74 valence electrons. The molecule has 0 saturated heterocycles. The number of carbonyl (C=O) groups is 2. The standard InChI is InChI=1S/C9H6BrFO3/c1-4-6(10)3-2-5(7(4)11)8(12)9(13)14/h2-3H,1H3,(H,13,14). The van der Waals surface area contributed by atoms with Crippen LogP contribution >= 0.6 is 15.9 Å². The van der Waals surface area contributed by atoms with E-state index in [4.69, 9.17) is 5.11 Å². The monoisotopic (exact) mass is 260 g/mol. The van der Waals surface area contributed by atoms with E-state index >= 15 is 0 Å². The molecule has 0 saturated carbocycles. The third-order valence-corrected chi connectivity index (χ3v) is 2.62. The molecule has 1 aromatic carbocycles. The summed E-state index contributed by atoms with van der Waals surface area (Å²) in [7, 11) is 0. The van der Waals surface area contributed by atoms with Crippen LogP contribution in [0.4, 0.5) is 4.39 Å². The van der Waals surface area contributed by atoms with Crippen molar-refractivity contribution < 1.29 is 19.1 Å². The number of halogens is 2. The van der Waals surface area contributed by atoms with Crippen molar-refractivity contribution in [1.29, 1.82) is 0 Å². The summed E-state index contributed by atoms with van der Waals surface area (Å²) in [6.45, 7) is 1.46. The van der Waals surface area contributed by atoms with Gasteiger partial charge < -0.3 is 5.11 Å². The van der Waals surface area contributed by atoms with Crippen molar-refractivity contribution in [3.63, 3.8) is 0 Å². The second kappa shape index (κ2) is 3.88. The van der Waals surface area contributed by atoms with Gasteiger partial charge in [-0.2, -0.15) is 0 Å². The van der Waals surface area contributed by atoms with Gasteiger partial charge in [0.25, 0.3) is 5.78 Å². The van der Waals surface area contributed by atoms with Crippen molar-refractivity contribution in [1.82, 2.24) is 0 Å². The van der Waals surface area contributed by atoms with Gasteiger partial charge in [0.2, 0.25) is 0 Å². The molecule has 3 nitrogen and oxygen atoms in total. The molecule has 0 spiro atoms. The number of carboxylic acids is 1. The van der Waals surface area contributed by atoms with Crippen molar-refractivity contribution >= 4 is 27.7 Å². The Morgan fingerprint density at radius 2 is 2.00 bits per heavy atom. The Balaban J connectivity index is 3.31. The summed E-state index contributed by atoms with van der Waals surface area (Å²) < 4.78 is 13.9. The molecule has 0 aliphatic carbocycles. The van der Waals surface area contributed by atoms with Gasteiger partial charge >= 0.3 is 5.97 Å². The minimum Gasteiger partial charge on any atom is -0.475 e. The molecule has 1 aromatic rings. The van der Waals surface area contributed by atoms with E-state index in [0.29, 0.717) is 4.47 Å². The lowest BCUT2D eigenvalue weighted by molar-refractivity contribution is -0.131. The van der Waals surface area contributed by atoms with Crippen LogP contribution in [0.25, 0.3) is 0 Å². The third-order valence-electron chi connectivity index (χ3n) is 1.76. The van der Waals surface area contributed by atoms with Crippen molar-refractivity contribution in [2.45, 2.75) is 6.92 Å². The van der Waals surface area contributed by atoms with Crippen LogP contribution in [0.5, 0.6) is 0 Å². The lowest BCUT2D eigenvalue weighted by Crippen LogP contribution is -2.15. The van der Waals surface area contributed by atoms with E-state index in [9.17, 15) is 14.0 Å². The van der Waals surface area contributed by atoms with Gasteiger partial charge in [-0.25, -0.2) is 9.18 Å². The first kappa shape index (κ1) is 10.8. The predicted octanol–water partition coefficient (Wildman–Crippen LogP) is 2.16. The zero-order valence-corrected chi connectivity index (χ0v) is 8.76. The Labute approximate surface area is 87.7 Å². The number of rotatable bonds is 2. The van der Waals surface area contributed by atoms with Crippen LogP contribution in [-0.4, -0.2) is 16.9 Å². The van der Waals surface area contributed by atoms with Crippen LogP contribution in [0.1, 0.15) is 15.9 Å². The maximum Gasteiger partial charge on any atom is 0.377 e. The molecule has 0 aliphatic rings. The lowest BCUT2D eigenvalue weighted by Gasteiger charge is -2.03. The summed E-state index contributed by atoms with van der Waals surface area (Å²) in [5.74, 6) is -3.70. The van der Waals surface area contributed by atoms with Crippen molar-refractivity contribution in [2.75, 3.05) is 0 Å². The lowest BCUT2D eigenvalue weighted by atomic mass is 10.1. The van der Waals surface area contributed by atoms with Gasteiger partial charge in [0.15, 0.2) is 0 Å². The van der Waals surface area contributed by atoms with E-state index in [1.807, 2.05) is 0 Å². The van der Waals surface area contributed by atoms with E-state index < -0.39 is 23.1 Å². The summed E-state index contributed by atoms with van der Waals surface area (Å²) in [5, 5.41) is 8.39. The number of hydrogen-bond acceptors (Lipinski definition) is 2. The maximum absolute atomic E-state index is 13.4. The van der Waals surface area contributed by atoms with E-state index in [2.05, 4.69) is 15.9 Å².